The van der Waals surface area contributed by atoms with Gasteiger partial charge in [0.25, 0.3) is 0 Å². The maximum atomic E-state index is 13.0. The van der Waals surface area contributed by atoms with Crippen LogP contribution in [-0.2, 0) is 16.9 Å². The van der Waals surface area contributed by atoms with E-state index in [1.165, 1.54) is 0 Å². The second-order valence-corrected chi connectivity index (χ2v) is 6.79. The summed E-state index contributed by atoms with van der Waals surface area (Å²) in [6, 6.07) is 15.3. The molecule has 2 aromatic carbocycles. The fraction of sp³-hybridized carbons (Fsp3) is 0.316. The fourth-order valence-electron chi connectivity index (χ4n) is 2.53. The predicted octanol–water partition coefficient (Wildman–Crippen LogP) is 4.10. The van der Waals surface area contributed by atoms with Crippen LogP contribution >= 0.6 is 28.3 Å². The third-order valence-electron chi connectivity index (χ3n) is 4.09. The van der Waals surface area contributed by atoms with Gasteiger partial charge in [0, 0.05) is 17.6 Å². The highest BCUT2D eigenvalue weighted by Gasteiger charge is 2.34. The molecule has 0 saturated heterocycles. The van der Waals surface area contributed by atoms with Crippen molar-refractivity contribution in [2.24, 2.45) is 5.73 Å². The van der Waals surface area contributed by atoms with Gasteiger partial charge in [0.1, 0.15) is 11.3 Å². The zero-order valence-corrected chi connectivity index (χ0v) is 17.1. The number of ether oxygens (including phenoxy) is 1. The van der Waals surface area contributed by atoms with Crippen LogP contribution < -0.4 is 10.5 Å². The van der Waals surface area contributed by atoms with Gasteiger partial charge < -0.3 is 15.4 Å². The zero-order valence-electron chi connectivity index (χ0n) is 14.7. The summed E-state index contributed by atoms with van der Waals surface area (Å²) in [5.41, 5.74) is 7.15. The van der Waals surface area contributed by atoms with E-state index in [-0.39, 0.29) is 18.3 Å². The number of halogens is 2. The van der Waals surface area contributed by atoms with Crippen LogP contribution in [0.4, 0.5) is 0 Å². The molecule has 0 aliphatic carbocycles. The molecule has 0 aliphatic heterocycles. The number of carbonyl (C=O) groups excluding carboxylic acids is 1. The minimum absolute atomic E-state index is 0. The highest BCUT2D eigenvalue weighted by Crippen LogP contribution is 2.24. The number of nitrogens with two attached hydrogens (primary N) is 1. The van der Waals surface area contributed by atoms with E-state index in [0.29, 0.717) is 13.1 Å². The molecular formula is C19H24BrClN2O2. The number of methoxy groups -OCH3 is 1. The van der Waals surface area contributed by atoms with Gasteiger partial charge in [0.15, 0.2) is 0 Å². The largest absolute Gasteiger partial charge is 0.497 e. The lowest BCUT2D eigenvalue weighted by molar-refractivity contribution is -0.137. The normalized spacial score (nSPS) is 12.7. The molecule has 0 aliphatic rings. The monoisotopic (exact) mass is 426 g/mol. The number of nitrogens with zero attached hydrogens (tertiary/aromatic N) is 1. The van der Waals surface area contributed by atoms with Gasteiger partial charge in [0.2, 0.25) is 5.91 Å². The molecule has 2 rings (SSSR count). The average molecular weight is 428 g/mol. The van der Waals surface area contributed by atoms with E-state index in [9.17, 15) is 4.79 Å². The van der Waals surface area contributed by atoms with Crippen LogP contribution in [0.3, 0.4) is 0 Å². The standard InChI is InChI=1S/C19H23BrN2O2.ClH/c1-4-22(13-14-5-11-17(24-3)12-6-14)18(23)19(2,21)15-7-9-16(20)10-8-15;/h5-12H,4,13,21H2,1-3H3;1H. The minimum Gasteiger partial charge on any atom is -0.497 e. The number of likely N-dealkylation sites (N-methyl/N-ethyl adjacent to an activating group) is 1. The summed E-state index contributed by atoms with van der Waals surface area (Å²) >= 11 is 3.40. The summed E-state index contributed by atoms with van der Waals surface area (Å²) in [4.78, 5) is 14.7. The second-order valence-electron chi connectivity index (χ2n) is 5.88. The molecule has 136 valence electrons. The van der Waals surface area contributed by atoms with Crippen LogP contribution in [0.5, 0.6) is 5.75 Å². The molecule has 1 amide bonds. The van der Waals surface area contributed by atoms with Crippen molar-refractivity contribution in [3.8, 4) is 5.75 Å². The van der Waals surface area contributed by atoms with E-state index in [2.05, 4.69) is 15.9 Å². The summed E-state index contributed by atoms with van der Waals surface area (Å²) in [5.74, 6) is 0.704. The molecule has 6 heteroatoms. The first kappa shape index (κ1) is 21.5. The summed E-state index contributed by atoms with van der Waals surface area (Å²) in [6.07, 6.45) is 0. The molecule has 0 bridgehead atoms. The van der Waals surface area contributed by atoms with E-state index in [4.69, 9.17) is 10.5 Å². The number of amides is 1. The molecule has 0 radical (unpaired) electrons. The molecule has 25 heavy (non-hydrogen) atoms. The Morgan fingerprint density at radius 3 is 2.20 bits per heavy atom. The van der Waals surface area contributed by atoms with Crippen LogP contribution in [0.1, 0.15) is 25.0 Å². The number of carbonyl (C=O) groups is 1. The zero-order chi connectivity index (χ0) is 17.7. The Bertz CT molecular complexity index is 688. The van der Waals surface area contributed by atoms with Gasteiger partial charge in [-0.2, -0.15) is 0 Å². The number of rotatable bonds is 6. The Hall–Kier alpha value is -1.56. The number of benzene rings is 2. The maximum Gasteiger partial charge on any atom is 0.247 e. The Kier molecular flexibility index (Phi) is 7.93. The molecule has 0 heterocycles. The molecule has 4 nitrogen and oxygen atoms in total. The van der Waals surface area contributed by atoms with Crippen LogP contribution in [0, 0.1) is 0 Å². The van der Waals surface area contributed by atoms with Gasteiger partial charge in [-0.15, -0.1) is 12.4 Å². The van der Waals surface area contributed by atoms with Crippen molar-refractivity contribution in [1.82, 2.24) is 4.90 Å². The minimum atomic E-state index is -1.07. The van der Waals surface area contributed by atoms with Crippen molar-refractivity contribution in [2.45, 2.75) is 25.9 Å². The van der Waals surface area contributed by atoms with Crippen molar-refractivity contribution in [1.29, 1.82) is 0 Å². The first-order chi connectivity index (χ1) is 11.4. The first-order valence-electron chi connectivity index (χ1n) is 7.85. The van der Waals surface area contributed by atoms with Crippen molar-refractivity contribution in [2.75, 3.05) is 13.7 Å². The van der Waals surface area contributed by atoms with E-state index in [1.54, 1.807) is 18.9 Å². The highest BCUT2D eigenvalue weighted by atomic mass is 79.9. The van der Waals surface area contributed by atoms with Crippen LogP contribution in [0.2, 0.25) is 0 Å². The van der Waals surface area contributed by atoms with Crippen molar-refractivity contribution >= 4 is 34.2 Å². The van der Waals surface area contributed by atoms with Gasteiger partial charge in [-0.25, -0.2) is 0 Å². The van der Waals surface area contributed by atoms with E-state index in [0.717, 1.165) is 21.3 Å². The molecular weight excluding hydrogens is 404 g/mol. The Morgan fingerprint density at radius 1 is 1.16 bits per heavy atom. The van der Waals surface area contributed by atoms with Crippen LogP contribution in [0.25, 0.3) is 0 Å². The van der Waals surface area contributed by atoms with Crippen molar-refractivity contribution < 1.29 is 9.53 Å². The lowest BCUT2D eigenvalue weighted by atomic mass is 9.91. The van der Waals surface area contributed by atoms with Gasteiger partial charge in [0.05, 0.1) is 7.11 Å². The van der Waals surface area contributed by atoms with Crippen LogP contribution in [0.15, 0.2) is 53.0 Å². The maximum absolute atomic E-state index is 13.0. The SMILES string of the molecule is CCN(Cc1ccc(OC)cc1)C(=O)C(C)(N)c1ccc(Br)cc1.Cl. The third kappa shape index (κ3) is 5.21. The van der Waals surface area contributed by atoms with Gasteiger partial charge in [-0.1, -0.05) is 40.2 Å². The third-order valence-corrected chi connectivity index (χ3v) is 4.62. The summed E-state index contributed by atoms with van der Waals surface area (Å²) in [5, 5.41) is 0. The molecule has 2 N–H and O–H groups in total. The summed E-state index contributed by atoms with van der Waals surface area (Å²) in [7, 11) is 1.63. The number of hydrogen-bond acceptors (Lipinski definition) is 3. The molecule has 2 aromatic rings. The topological polar surface area (TPSA) is 55.6 Å². The summed E-state index contributed by atoms with van der Waals surface area (Å²) < 4.78 is 6.12. The average Bonchev–Trinajstić information content (AvgIpc) is 2.60. The molecule has 0 aromatic heterocycles. The van der Waals surface area contributed by atoms with Gasteiger partial charge in [-0.05, 0) is 49.2 Å². The van der Waals surface area contributed by atoms with E-state index in [1.807, 2.05) is 55.5 Å². The second kappa shape index (κ2) is 9.22. The lowest BCUT2D eigenvalue weighted by Gasteiger charge is -2.31. The van der Waals surface area contributed by atoms with Gasteiger partial charge in [-0.3, -0.25) is 4.79 Å². The first-order valence-corrected chi connectivity index (χ1v) is 8.65. The highest BCUT2D eigenvalue weighted by molar-refractivity contribution is 9.10. The molecule has 0 fully saturated rings. The summed E-state index contributed by atoms with van der Waals surface area (Å²) in [6.45, 7) is 4.82. The fourth-order valence-corrected chi connectivity index (χ4v) is 2.79. The molecule has 1 unspecified atom stereocenters. The Morgan fingerprint density at radius 2 is 1.72 bits per heavy atom. The van der Waals surface area contributed by atoms with Crippen molar-refractivity contribution in [3.05, 3.63) is 64.1 Å². The van der Waals surface area contributed by atoms with Crippen LogP contribution in [-0.4, -0.2) is 24.5 Å². The molecule has 0 spiro atoms. The van der Waals surface area contributed by atoms with Gasteiger partial charge >= 0.3 is 0 Å². The lowest BCUT2D eigenvalue weighted by Crippen LogP contribution is -2.50. The van der Waals surface area contributed by atoms with Crippen molar-refractivity contribution in [3.63, 3.8) is 0 Å². The predicted molar refractivity (Wildman–Crippen MR) is 107 cm³/mol. The Labute approximate surface area is 163 Å². The number of hydrogen-bond donors (Lipinski definition) is 1. The smallest absolute Gasteiger partial charge is 0.247 e. The van der Waals surface area contributed by atoms with E-state index < -0.39 is 5.54 Å². The van der Waals surface area contributed by atoms with E-state index >= 15 is 0 Å². The quantitative estimate of drug-likeness (QED) is 0.755. The molecule has 1 atom stereocenters. The molecule has 0 saturated carbocycles. The Balaban J connectivity index is 0.00000312.